The van der Waals surface area contributed by atoms with E-state index in [4.69, 9.17) is 4.42 Å². The summed E-state index contributed by atoms with van der Waals surface area (Å²) in [5.41, 5.74) is 0.465. The van der Waals surface area contributed by atoms with Gasteiger partial charge in [0.15, 0.2) is 5.78 Å². The number of benzene rings is 1. The van der Waals surface area contributed by atoms with Crippen LogP contribution in [0.15, 0.2) is 47.1 Å². The number of halogens is 1. The highest BCUT2D eigenvalue weighted by atomic mass is 19.1. The van der Waals surface area contributed by atoms with Gasteiger partial charge < -0.3 is 9.73 Å². The summed E-state index contributed by atoms with van der Waals surface area (Å²) in [6.07, 6.45) is 2.59. The predicted molar refractivity (Wildman–Crippen MR) is 92.7 cm³/mol. The predicted octanol–water partition coefficient (Wildman–Crippen LogP) is 3.19. The quantitative estimate of drug-likeness (QED) is 0.708. The summed E-state index contributed by atoms with van der Waals surface area (Å²) in [4.78, 5) is 25.9. The van der Waals surface area contributed by atoms with E-state index in [9.17, 15) is 14.0 Å². The highest BCUT2D eigenvalue weighted by Crippen LogP contribution is 2.17. The standard InChI is InChI=1S/C19H23FN2O3/c1-22(2)16(18-6-4-12-25-18)13-21-19(24)7-3-5-17(23)14-8-10-15(20)11-9-14/h4,6,8-12,16H,3,5,7,13H2,1-2H3,(H,21,24). The van der Waals surface area contributed by atoms with E-state index in [-0.39, 0.29) is 36.4 Å². The zero-order valence-corrected chi connectivity index (χ0v) is 14.5. The second kappa shape index (κ2) is 9.13. The number of carbonyl (C=O) groups is 2. The number of hydrogen-bond donors (Lipinski definition) is 1. The zero-order valence-electron chi connectivity index (χ0n) is 14.5. The highest BCUT2D eigenvalue weighted by Gasteiger charge is 2.17. The summed E-state index contributed by atoms with van der Waals surface area (Å²) in [6, 6.07) is 9.09. The number of carbonyl (C=O) groups excluding carboxylic acids is 2. The van der Waals surface area contributed by atoms with E-state index in [2.05, 4.69) is 5.32 Å². The molecule has 0 aliphatic carbocycles. The molecule has 0 bridgehead atoms. The molecule has 1 aromatic heterocycles. The highest BCUT2D eigenvalue weighted by molar-refractivity contribution is 5.96. The summed E-state index contributed by atoms with van der Waals surface area (Å²) in [5.74, 6) is 0.222. The molecule has 1 amide bonds. The Kier molecular flexibility index (Phi) is 6.89. The smallest absolute Gasteiger partial charge is 0.220 e. The van der Waals surface area contributed by atoms with Crippen molar-refractivity contribution in [2.45, 2.75) is 25.3 Å². The molecule has 134 valence electrons. The summed E-state index contributed by atoms with van der Waals surface area (Å²) in [6.45, 7) is 0.436. The molecule has 0 saturated carbocycles. The maximum atomic E-state index is 12.8. The van der Waals surface area contributed by atoms with Gasteiger partial charge in [0.05, 0.1) is 12.3 Å². The maximum absolute atomic E-state index is 12.8. The van der Waals surface area contributed by atoms with Gasteiger partial charge in [0, 0.05) is 24.9 Å². The lowest BCUT2D eigenvalue weighted by atomic mass is 10.1. The van der Waals surface area contributed by atoms with Crippen molar-refractivity contribution < 1.29 is 18.4 Å². The van der Waals surface area contributed by atoms with Crippen LogP contribution >= 0.6 is 0 Å². The number of nitrogens with zero attached hydrogens (tertiary/aromatic N) is 1. The van der Waals surface area contributed by atoms with Crippen LogP contribution < -0.4 is 5.32 Å². The molecule has 1 atom stereocenters. The maximum Gasteiger partial charge on any atom is 0.220 e. The van der Waals surface area contributed by atoms with Crippen LogP contribution in [0.5, 0.6) is 0 Å². The second-order valence-electron chi connectivity index (χ2n) is 6.08. The average Bonchev–Trinajstić information content (AvgIpc) is 3.09. The van der Waals surface area contributed by atoms with Crippen LogP contribution in [0, 0.1) is 5.82 Å². The molecule has 1 unspecified atom stereocenters. The number of likely N-dealkylation sites (N-methyl/N-ethyl adjacent to an activating group) is 1. The molecule has 1 N–H and O–H groups in total. The van der Waals surface area contributed by atoms with Gasteiger partial charge in [-0.1, -0.05) is 0 Å². The third kappa shape index (κ3) is 5.83. The number of furan rings is 1. The van der Waals surface area contributed by atoms with Crippen LogP contribution in [0.2, 0.25) is 0 Å². The Hall–Kier alpha value is -2.47. The molecule has 0 aliphatic rings. The topological polar surface area (TPSA) is 62.6 Å². The molecular weight excluding hydrogens is 323 g/mol. The van der Waals surface area contributed by atoms with Crippen molar-refractivity contribution in [3.8, 4) is 0 Å². The molecule has 5 nitrogen and oxygen atoms in total. The van der Waals surface area contributed by atoms with Gasteiger partial charge in [-0.2, -0.15) is 0 Å². The number of nitrogens with one attached hydrogen (secondary N) is 1. The first kappa shape index (κ1) is 18.9. The van der Waals surface area contributed by atoms with E-state index < -0.39 is 0 Å². The minimum absolute atomic E-state index is 0.0419. The molecule has 1 heterocycles. The average molecular weight is 346 g/mol. The SMILES string of the molecule is CN(C)C(CNC(=O)CCCC(=O)c1ccc(F)cc1)c1ccco1. The van der Waals surface area contributed by atoms with Gasteiger partial charge in [0.25, 0.3) is 0 Å². The lowest BCUT2D eigenvalue weighted by molar-refractivity contribution is -0.121. The Bertz CT molecular complexity index is 681. The molecule has 25 heavy (non-hydrogen) atoms. The fourth-order valence-electron chi connectivity index (χ4n) is 2.51. The van der Waals surface area contributed by atoms with Crippen molar-refractivity contribution in [3.05, 3.63) is 59.8 Å². The second-order valence-corrected chi connectivity index (χ2v) is 6.08. The molecule has 2 rings (SSSR count). The van der Waals surface area contributed by atoms with Crippen LogP contribution in [0.1, 0.15) is 41.4 Å². The number of rotatable bonds is 9. The van der Waals surface area contributed by atoms with Crippen LogP contribution in [0.4, 0.5) is 4.39 Å². The van der Waals surface area contributed by atoms with E-state index in [0.29, 0.717) is 18.5 Å². The first-order valence-corrected chi connectivity index (χ1v) is 8.22. The van der Waals surface area contributed by atoms with Crippen molar-refractivity contribution >= 4 is 11.7 Å². The first-order valence-electron chi connectivity index (χ1n) is 8.22. The Morgan fingerprint density at radius 2 is 1.88 bits per heavy atom. The summed E-state index contributed by atoms with van der Waals surface area (Å²) in [5, 5.41) is 2.87. The fourth-order valence-corrected chi connectivity index (χ4v) is 2.51. The largest absolute Gasteiger partial charge is 0.468 e. The van der Waals surface area contributed by atoms with Gasteiger partial charge in [-0.15, -0.1) is 0 Å². The molecule has 0 spiro atoms. The van der Waals surface area contributed by atoms with Gasteiger partial charge in [-0.05, 0) is 56.9 Å². The third-order valence-corrected chi connectivity index (χ3v) is 3.96. The van der Waals surface area contributed by atoms with Crippen molar-refractivity contribution in [1.29, 1.82) is 0 Å². The van der Waals surface area contributed by atoms with Crippen molar-refractivity contribution in [2.75, 3.05) is 20.6 Å². The van der Waals surface area contributed by atoms with Crippen LogP contribution in [0.25, 0.3) is 0 Å². The minimum Gasteiger partial charge on any atom is -0.468 e. The first-order chi connectivity index (χ1) is 12.0. The monoisotopic (exact) mass is 346 g/mol. The molecule has 0 saturated heterocycles. The van der Waals surface area contributed by atoms with Crippen LogP contribution in [0.3, 0.4) is 0 Å². The van der Waals surface area contributed by atoms with Gasteiger partial charge in [0.1, 0.15) is 11.6 Å². The number of hydrogen-bond acceptors (Lipinski definition) is 4. The summed E-state index contributed by atoms with van der Waals surface area (Å²) >= 11 is 0. The molecule has 0 fully saturated rings. The summed E-state index contributed by atoms with van der Waals surface area (Å²) in [7, 11) is 3.83. The van der Waals surface area contributed by atoms with Crippen molar-refractivity contribution in [3.63, 3.8) is 0 Å². The number of ketones is 1. The fraction of sp³-hybridized carbons (Fsp3) is 0.368. The Balaban J connectivity index is 1.73. The van der Waals surface area contributed by atoms with E-state index in [1.54, 1.807) is 6.26 Å². The Morgan fingerprint density at radius 3 is 2.48 bits per heavy atom. The van der Waals surface area contributed by atoms with Crippen LogP contribution in [-0.4, -0.2) is 37.2 Å². The third-order valence-electron chi connectivity index (χ3n) is 3.96. The van der Waals surface area contributed by atoms with Gasteiger partial charge in [-0.25, -0.2) is 4.39 Å². The zero-order chi connectivity index (χ0) is 18.2. The lowest BCUT2D eigenvalue weighted by Gasteiger charge is -2.22. The lowest BCUT2D eigenvalue weighted by Crippen LogP contribution is -2.34. The van der Waals surface area contributed by atoms with E-state index in [1.165, 1.54) is 24.3 Å². The van der Waals surface area contributed by atoms with E-state index in [1.807, 2.05) is 31.1 Å². The molecule has 6 heteroatoms. The number of Topliss-reactive ketones (excluding diaryl/α,β-unsaturated/α-hetero) is 1. The summed E-state index contributed by atoms with van der Waals surface area (Å²) < 4.78 is 18.2. The molecule has 0 radical (unpaired) electrons. The van der Waals surface area contributed by atoms with Crippen molar-refractivity contribution in [1.82, 2.24) is 10.2 Å². The van der Waals surface area contributed by atoms with Crippen LogP contribution in [-0.2, 0) is 4.79 Å². The van der Waals surface area contributed by atoms with Gasteiger partial charge >= 0.3 is 0 Å². The Morgan fingerprint density at radius 1 is 1.16 bits per heavy atom. The Labute approximate surface area is 146 Å². The van der Waals surface area contributed by atoms with Crippen molar-refractivity contribution in [2.24, 2.45) is 0 Å². The molecule has 2 aromatic rings. The minimum atomic E-state index is -0.372. The molecular formula is C19H23FN2O3. The normalized spacial score (nSPS) is 12.2. The van der Waals surface area contributed by atoms with Gasteiger partial charge in [-0.3, -0.25) is 14.5 Å². The molecule has 0 aliphatic heterocycles. The molecule has 1 aromatic carbocycles. The van der Waals surface area contributed by atoms with E-state index in [0.717, 1.165) is 5.76 Å². The van der Waals surface area contributed by atoms with Gasteiger partial charge in [0.2, 0.25) is 5.91 Å². The van der Waals surface area contributed by atoms with E-state index >= 15 is 0 Å². The number of amides is 1.